The molecule has 2 aromatic rings. The lowest BCUT2D eigenvalue weighted by Gasteiger charge is -2.14. The van der Waals surface area contributed by atoms with E-state index in [0.717, 1.165) is 18.8 Å². The summed E-state index contributed by atoms with van der Waals surface area (Å²) in [6.07, 6.45) is 7.82. The first-order valence-electron chi connectivity index (χ1n) is 7.66. The van der Waals surface area contributed by atoms with Crippen LogP contribution in [0.15, 0.2) is 54.6 Å². The van der Waals surface area contributed by atoms with Gasteiger partial charge >= 0.3 is 0 Å². The fraction of sp³-hybridized carbons (Fsp3) is 0.200. The van der Waals surface area contributed by atoms with Gasteiger partial charge in [0.1, 0.15) is 0 Å². The molecule has 0 saturated heterocycles. The number of benzene rings is 2. The van der Waals surface area contributed by atoms with Crippen LogP contribution in [0.4, 0.5) is 0 Å². The quantitative estimate of drug-likeness (QED) is 0.534. The zero-order chi connectivity index (χ0) is 15.4. The van der Waals surface area contributed by atoms with Crippen molar-refractivity contribution >= 4 is 30.4 Å². The Labute approximate surface area is 138 Å². The van der Waals surface area contributed by atoms with Crippen LogP contribution < -0.4 is 0 Å². The van der Waals surface area contributed by atoms with Gasteiger partial charge in [0.15, 0.2) is 0 Å². The van der Waals surface area contributed by atoms with E-state index in [4.69, 9.17) is 0 Å². The van der Waals surface area contributed by atoms with Crippen LogP contribution in [0.3, 0.4) is 0 Å². The monoisotopic (exact) mass is 307 g/mol. The second-order valence-electron chi connectivity index (χ2n) is 5.64. The van der Waals surface area contributed by atoms with E-state index in [1.807, 2.05) is 0 Å². The summed E-state index contributed by atoms with van der Waals surface area (Å²) in [7, 11) is 2.10. The number of hydrogen-bond acceptors (Lipinski definition) is 2. The van der Waals surface area contributed by atoms with E-state index >= 15 is 0 Å². The van der Waals surface area contributed by atoms with Crippen LogP contribution in [0.2, 0.25) is 0 Å². The SMILES string of the molecule is CN(CS)CCC=C1c2ccccc2C=Cc2ccccc21. The molecule has 2 heteroatoms. The van der Waals surface area contributed by atoms with Crippen LogP contribution in [-0.2, 0) is 0 Å². The number of fused-ring (bicyclic) bond motifs is 2. The highest BCUT2D eigenvalue weighted by molar-refractivity contribution is 7.80. The molecule has 1 aliphatic carbocycles. The van der Waals surface area contributed by atoms with Gasteiger partial charge in [0.2, 0.25) is 0 Å². The molecule has 22 heavy (non-hydrogen) atoms. The molecule has 1 aliphatic rings. The lowest BCUT2D eigenvalue weighted by Crippen LogP contribution is -2.16. The number of rotatable bonds is 4. The van der Waals surface area contributed by atoms with Gasteiger partial charge in [-0.3, -0.25) is 4.90 Å². The Morgan fingerprint density at radius 2 is 1.45 bits per heavy atom. The molecule has 3 rings (SSSR count). The van der Waals surface area contributed by atoms with Crippen molar-refractivity contribution in [1.82, 2.24) is 4.90 Å². The summed E-state index contributed by atoms with van der Waals surface area (Å²) in [6.45, 7) is 1.02. The maximum absolute atomic E-state index is 4.32. The van der Waals surface area contributed by atoms with Gasteiger partial charge < -0.3 is 0 Å². The standard InChI is InChI=1S/C20H21NS/c1-21(15-22)14-6-11-20-18-9-4-2-7-16(18)12-13-17-8-3-5-10-19(17)20/h2-5,7-13,22H,6,14-15H2,1H3. The third kappa shape index (κ3) is 3.18. The highest BCUT2D eigenvalue weighted by atomic mass is 32.1. The molecule has 0 spiro atoms. The van der Waals surface area contributed by atoms with Crippen LogP contribution in [0.25, 0.3) is 17.7 Å². The van der Waals surface area contributed by atoms with Gasteiger partial charge in [-0.25, -0.2) is 0 Å². The lowest BCUT2D eigenvalue weighted by atomic mass is 9.93. The predicted molar refractivity (Wildman–Crippen MR) is 100.0 cm³/mol. The van der Waals surface area contributed by atoms with Gasteiger partial charge in [0.25, 0.3) is 0 Å². The van der Waals surface area contributed by atoms with Crippen LogP contribution in [0, 0.1) is 0 Å². The van der Waals surface area contributed by atoms with E-state index in [9.17, 15) is 0 Å². The molecule has 0 heterocycles. The van der Waals surface area contributed by atoms with Crippen LogP contribution in [-0.4, -0.2) is 24.4 Å². The largest absolute Gasteiger partial charge is 0.297 e. The molecule has 0 atom stereocenters. The van der Waals surface area contributed by atoms with Crippen molar-refractivity contribution in [3.05, 3.63) is 76.9 Å². The number of hydrogen-bond donors (Lipinski definition) is 1. The Morgan fingerprint density at radius 1 is 0.909 bits per heavy atom. The minimum absolute atomic E-state index is 0.790. The highest BCUT2D eigenvalue weighted by Crippen LogP contribution is 2.33. The third-order valence-electron chi connectivity index (χ3n) is 4.05. The maximum atomic E-state index is 4.32. The van der Waals surface area contributed by atoms with Crippen molar-refractivity contribution in [2.75, 3.05) is 19.5 Å². The lowest BCUT2D eigenvalue weighted by molar-refractivity contribution is 0.402. The highest BCUT2D eigenvalue weighted by Gasteiger charge is 2.13. The van der Waals surface area contributed by atoms with Crippen molar-refractivity contribution in [2.45, 2.75) is 6.42 Å². The van der Waals surface area contributed by atoms with E-state index in [-0.39, 0.29) is 0 Å². The molecule has 0 radical (unpaired) electrons. The summed E-state index contributed by atoms with van der Waals surface area (Å²) in [5.74, 6) is 0.790. The molecule has 0 saturated carbocycles. The predicted octanol–water partition coefficient (Wildman–Crippen LogP) is 4.81. The zero-order valence-electron chi connectivity index (χ0n) is 12.9. The summed E-state index contributed by atoms with van der Waals surface area (Å²) in [5.41, 5.74) is 6.54. The van der Waals surface area contributed by atoms with Crippen LogP contribution in [0.1, 0.15) is 28.7 Å². The fourth-order valence-corrected chi connectivity index (χ4v) is 2.96. The molecule has 0 N–H and O–H groups in total. The van der Waals surface area contributed by atoms with Crippen molar-refractivity contribution in [3.8, 4) is 0 Å². The minimum atomic E-state index is 0.790. The summed E-state index contributed by atoms with van der Waals surface area (Å²) in [4.78, 5) is 2.22. The van der Waals surface area contributed by atoms with Gasteiger partial charge in [-0.05, 0) is 41.3 Å². The Bertz CT molecular complexity index is 664. The number of nitrogens with zero attached hydrogens (tertiary/aromatic N) is 1. The third-order valence-corrected chi connectivity index (χ3v) is 4.53. The Hall–Kier alpha value is -1.77. The van der Waals surface area contributed by atoms with Crippen LogP contribution >= 0.6 is 12.6 Å². The van der Waals surface area contributed by atoms with Gasteiger partial charge in [0.05, 0.1) is 0 Å². The van der Waals surface area contributed by atoms with Crippen molar-refractivity contribution in [3.63, 3.8) is 0 Å². The zero-order valence-corrected chi connectivity index (χ0v) is 13.8. The molecule has 0 unspecified atom stereocenters. The topological polar surface area (TPSA) is 3.24 Å². The fourth-order valence-electron chi connectivity index (χ4n) is 2.82. The molecule has 0 fully saturated rings. The van der Waals surface area contributed by atoms with Crippen molar-refractivity contribution in [2.24, 2.45) is 0 Å². The van der Waals surface area contributed by atoms with Gasteiger partial charge in [0, 0.05) is 12.4 Å². The molecule has 0 bridgehead atoms. The molecule has 112 valence electrons. The molecular formula is C20H21NS. The maximum Gasteiger partial charge on any atom is 0.0411 e. The van der Waals surface area contributed by atoms with Gasteiger partial charge in [-0.15, -0.1) is 0 Å². The summed E-state index contributed by atoms with van der Waals surface area (Å²) in [5, 5.41) is 0. The number of thiol groups is 1. The molecule has 0 aromatic heterocycles. The van der Waals surface area contributed by atoms with E-state index in [2.05, 4.69) is 91.3 Å². The Kier molecular flexibility index (Phi) is 4.81. The van der Waals surface area contributed by atoms with Crippen molar-refractivity contribution in [1.29, 1.82) is 0 Å². The Balaban J connectivity index is 2.03. The summed E-state index contributed by atoms with van der Waals surface area (Å²) < 4.78 is 0. The van der Waals surface area contributed by atoms with Crippen LogP contribution in [0.5, 0.6) is 0 Å². The average molecular weight is 307 g/mol. The average Bonchev–Trinajstić information content (AvgIpc) is 2.72. The first-order valence-corrected chi connectivity index (χ1v) is 8.29. The normalized spacial score (nSPS) is 12.8. The Morgan fingerprint density at radius 3 is 2.00 bits per heavy atom. The molecular weight excluding hydrogens is 286 g/mol. The second kappa shape index (κ2) is 6.99. The first kappa shape index (κ1) is 15.1. The van der Waals surface area contributed by atoms with E-state index in [1.165, 1.54) is 27.8 Å². The second-order valence-corrected chi connectivity index (χ2v) is 5.92. The molecule has 0 aliphatic heterocycles. The summed E-state index contributed by atoms with van der Waals surface area (Å²) in [6, 6.07) is 17.3. The van der Waals surface area contributed by atoms with Gasteiger partial charge in [-0.2, -0.15) is 12.6 Å². The van der Waals surface area contributed by atoms with Crippen molar-refractivity contribution < 1.29 is 0 Å². The van der Waals surface area contributed by atoms with Gasteiger partial charge in [-0.1, -0.05) is 66.8 Å². The molecule has 1 nitrogen and oxygen atoms in total. The van der Waals surface area contributed by atoms with E-state index in [1.54, 1.807) is 0 Å². The molecule has 0 amide bonds. The minimum Gasteiger partial charge on any atom is -0.297 e. The van der Waals surface area contributed by atoms with E-state index < -0.39 is 0 Å². The summed E-state index contributed by atoms with van der Waals surface area (Å²) >= 11 is 4.32. The molecule has 2 aromatic carbocycles. The first-order chi connectivity index (χ1) is 10.8. The van der Waals surface area contributed by atoms with E-state index in [0.29, 0.717) is 0 Å². The smallest absolute Gasteiger partial charge is 0.0411 e.